The summed E-state index contributed by atoms with van der Waals surface area (Å²) in [5.41, 5.74) is 5.97. The summed E-state index contributed by atoms with van der Waals surface area (Å²) in [4.78, 5) is 5.57. The molecule has 0 fully saturated rings. The summed E-state index contributed by atoms with van der Waals surface area (Å²) in [6.07, 6.45) is 6.88. The second-order valence-electron chi connectivity index (χ2n) is 9.84. The second kappa shape index (κ2) is 9.13. The van der Waals surface area contributed by atoms with Crippen LogP contribution in [0.5, 0.6) is 0 Å². The SMILES string of the molecule is c1ccc2oc(-c3c(-c4occ5ccccc45)sc4cc(-c5cc[nH]n5)c(-c5ncco5)c(-c5ccsn5)c34)cc2c1. The molecule has 0 bridgehead atoms. The largest absolute Gasteiger partial charge is 0.462 e. The Labute approximate surface area is 245 Å². The van der Waals surface area contributed by atoms with Crippen LogP contribution in [0.1, 0.15) is 0 Å². The molecule has 9 aromatic rings. The van der Waals surface area contributed by atoms with Gasteiger partial charge in [-0.05, 0) is 41.9 Å². The molecule has 0 aliphatic rings. The lowest BCUT2D eigenvalue weighted by Gasteiger charge is -2.13. The fourth-order valence-electron chi connectivity index (χ4n) is 5.71. The first-order valence-corrected chi connectivity index (χ1v) is 14.9. The molecule has 7 nitrogen and oxygen atoms in total. The number of para-hydroxylation sites is 1. The molecule has 6 aromatic heterocycles. The van der Waals surface area contributed by atoms with E-state index in [0.717, 1.165) is 81.9 Å². The first-order chi connectivity index (χ1) is 20.8. The Hall–Kier alpha value is -5.25. The Bertz CT molecular complexity index is 2330. The number of nitrogens with zero attached hydrogens (tertiary/aromatic N) is 3. The minimum absolute atomic E-state index is 0.490. The number of H-pyrrole nitrogens is 1. The van der Waals surface area contributed by atoms with E-state index in [4.69, 9.17) is 17.6 Å². The zero-order valence-corrected chi connectivity index (χ0v) is 23.3. The number of hydrogen-bond donors (Lipinski definition) is 1. The van der Waals surface area contributed by atoms with Crippen LogP contribution in [0.25, 0.3) is 87.8 Å². The molecular weight excluding hydrogens is 565 g/mol. The van der Waals surface area contributed by atoms with Crippen molar-refractivity contribution in [2.24, 2.45) is 0 Å². The number of thiophene rings is 1. The molecule has 0 saturated carbocycles. The zero-order valence-electron chi connectivity index (χ0n) is 21.7. The minimum atomic E-state index is 0.490. The molecule has 0 aliphatic heterocycles. The molecule has 9 heteroatoms. The highest BCUT2D eigenvalue weighted by Gasteiger charge is 2.30. The zero-order chi connectivity index (χ0) is 27.6. The highest BCUT2D eigenvalue weighted by Crippen LogP contribution is 2.54. The number of aromatic amines is 1. The van der Waals surface area contributed by atoms with Crippen LogP contribution in [0, 0.1) is 0 Å². The van der Waals surface area contributed by atoms with E-state index in [0.29, 0.717) is 5.89 Å². The van der Waals surface area contributed by atoms with Crippen LogP contribution in [-0.2, 0) is 0 Å². The van der Waals surface area contributed by atoms with Crippen LogP contribution in [0.2, 0.25) is 0 Å². The Morgan fingerprint density at radius 1 is 0.810 bits per heavy atom. The standard InChI is InChI=1S/C33H18N4O3S2/c1-3-7-20-19(6-1)17-39-31(20)32-29(25-15-18-5-2-4-8-24(18)40-25)30-26(42-32)16-21(22-9-11-35-36-22)27(33-34-12-13-38-33)28(30)23-10-14-41-37-23/h1-17H,(H,35,36). The minimum Gasteiger partial charge on any atom is -0.462 e. The Kier molecular flexibility index (Phi) is 5.10. The van der Waals surface area contributed by atoms with E-state index in [-0.39, 0.29) is 0 Å². The van der Waals surface area contributed by atoms with Crippen molar-refractivity contribution in [3.05, 3.63) is 103 Å². The van der Waals surface area contributed by atoms with Crippen LogP contribution in [0.3, 0.4) is 0 Å². The lowest BCUT2D eigenvalue weighted by Crippen LogP contribution is -1.93. The number of aromatic nitrogens is 4. The van der Waals surface area contributed by atoms with Gasteiger partial charge in [0.1, 0.15) is 17.6 Å². The van der Waals surface area contributed by atoms with E-state index in [2.05, 4.69) is 45.5 Å². The van der Waals surface area contributed by atoms with E-state index >= 15 is 0 Å². The van der Waals surface area contributed by atoms with Crippen LogP contribution in [-0.4, -0.2) is 19.6 Å². The number of hydrogen-bond acceptors (Lipinski definition) is 8. The topological polar surface area (TPSA) is 93.9 Å². The van der Waals surface area contributed by atoms with Crippen molar-refractivity contribution >= 4 is 54.7 Å². The molecule has 0 spiro atoms. The summed E-state index contributed by atoms with van der Waals surface area (Å²) in [6, 6.07) is 24.5. The van der Waals surface area contributed by atoms with E-state index in [1.807, 2.05) is 60.3 Å². The van der Waals surface area contributed by atoms with Gasteiger partial charge in [-0.2, -0.15) is 9.47 Å². The molecule has 0 radical (unpaired) electrons. The molecular formula is C33H18N4O3S2. The molecule has 200 valence electrons. The third-order valence-corrected chi connectivity index (χ3v) is 9.18. The maximum atomic E-state index is 6.57. The fourth-order valence-corrected chi connectivity index (χ4v) is 7.48. The monoisotopic (exact) mass is 582 g/mol. The summed E-state index contributed by atoms with van der Waals surface area (Å²) in [5, 5.41) is 13.6. The van der Waals surface area contributed by atoms with Gasteiger partial charge in [0, 0.05) is 54.5 Å². The average molecular weight is 583 g/mol. The number of fused-ring (bicyclic) bond motifs is 3. The number of rotatable bonds is 5. The third-order valence-electron chi connectivity index (χ3n) is 7.48. The number of benzene rings is 3. The normalized spacial score (nSPS) is 11.8. The van der Waals surface area contributed by atoms with Crippen molar-refractivity contribution in [1.82, 2.24) is 19.6 Å². The highest BCUT2D eigenvalue weighted by molar-refractivity contribution is 7.23. The van der Waals surface area contributed by atoms with Crippen LogP contribution < -0.4 is 0 Å². The molecule has 0 amide bonds. The molecule has 6 heterocycles. The Balaban J connectivity index is 1.49. The number of nitrogens with one attached hydrogen (secondary N) is 1. The predicted octanol–water partition coefficient (Wildman–Crippen LogP) is 9.90. The van der Waals surface area contributed by atoms with E-state index < -0.39 is 0 Å². The van der Waals surface area contributed by atoms with Crippen LogP contribution in [0.15, 0.2) is 116 Å². The highest BCUT2D eigenvalue weighted by atomic mass is 32.1. The van der Waals surface area contributed by atoms with Crippen molar-refractivity contribution in [1.29, 1.82) is 0 Å². The second-order valence-corrected chi connectivity index (χ2v) is 11.6. The van der Waals surface area contributed by atoms with Crippen molar-refractivity contribution in [2.75, 3.05) is 0 Å². The van der Waals surface area contributed by atoms with Crippen molar-refractivity contribution < 1.29 is 13.3 Å². The van der Waals surface area contributed by atoms with Gasteiger partial charge in [0.25, 0.3) is 0 Å². The van der Waals surface area contributed by atoms with Crippen molar-refractivity contribution in [3.8, 4) is 55.9 Å². The third kappa shape index (κ3) is 3.47. The summed E-state index contributed by atoms with van der Waals surface area (Å²) < 4.78 is 24.7. The van der Waals surface area contributed by atoms with Gasteiger partial charge in [-0.3, -0.25) is 5.10 Å². The van der Waals surface area contributed by atoms with Gasteiger partial charge in [0.05, 0.1) is 34.3 Å². The molecule has 0 aliphatic carbocycles. The summed E-state index contributed by atoms with van der Waals surface area (Å²) in [7, 11) is 0. The van der Waals surface area contributed by atoms with Gasteiger partial charge < -0.3 is 13.3 Å². The lowest BCUT2D eigenvalue weighted by atomic mass is 9.90. The quantitative estimate of drug-likeness (QED) is 0.217. The number of oxazole rings is 1. The Morgan fingerprint density at radius 3 is 2.52 bits per heavy atom. The Morgan fingerprint density at radius 2 is 1.71 bits per heavy atom. The molecule has 1 N–H and O–H groups in total. The molecule has 42 heavy (non-hydrogen) atoms. The molecule has 9 rings (SSSR count). The lowest BCUT2D eigenvalue weighted by molar-refractivity contribution is 0.575. The smallest absolute Gasteiger partial charge is 0.227 e. The van der Waals surface area contributed by atoms with E-state index in [1.54, 1.807) is 23.8 Å². The van der Waals surface area contributed by atoms with Crippen LogP contribution in [0.4, 0.5) is 0 Å². The first kappa shape index (κ1) is 23.5. The van der Waals surface area contributed by atoms with Crippen molar-refractivity contribution in [2.45, 2.75) is 0 Å². The van der Waals surface area contributed by atoms with E-state index in [9.17, 15) is 0 Å². The van der Waals surface area contributed by atoms with Gasteiger partial charge in [-0.15, -0.1) is 11.3 Å². The molecule has 0 unspecified atom stereocenters. The van der Waals surface area contributed by atoms with Crippen molar-refractivity contribution in [3.63, 3.8) is 0 Å². The predicted molar refractivity (Wildman–Crippen MR) is 166 cm³/mol. The number of furan rings is 2. The summed E-state index contributed by atoms with van der Waals surface area (Å²) >= 11 is 3.07. The summed E-state index contributed by atoms with van der Waals surface area (Å²) in [6.45, 7) is 0. The van der Waals surface area contributed by atoms with Gasteiger partial charge >= 0.3 is 0 Å². The summed E-state index contributed by atoms with van der Waals surface area (Å²) in [5.74, 6) is 2.04. The van der Waals surface area contributed by atoms with Gasteiger partial charge in [0.15, 0.2) is 5.76 Å². The average Bonchev–Trinajstić information content (AvgIpc) is 3.87. The van der Waals surface area contributed by atoms with Gasteiger partial charge in [-0.25, -0.2) is 4.98 Å². The van der Waals surface area contributed by atoms with Gasteiger partial charge in [0.2, 0.25) is 5.89 Å². The van der Waals surface area contributed by atoms with Gasteiger partial charge in [-0.1, -0.05) is 42.5 Å². The maximum Gasteiger partial charge on any atom is 0.227 e. The van der Waals surface area contributed by atoms with Crippen LogP contribution >= 0.6 is 22.9 Å². The molecule has 0 atom stereocenters. The maximum absolute atomic E-state index is 6.57. The first-order valence-electron chi connectivity index (χ1n) is 13.2. The van der Waals surface area contributed by atoms with E-state index in [1.165, 1.54) is 11.5 Å². The molecule has 0 saturated heterocycles. The fraction of sp³-hybridized carbons (Fsp3) is 0. The molecule has 3 aromatic carbocycles.